The summed E-state index contributed by atoms with van der Waals surface area (Å²) < 4.78 is 68.6. The molecule has 0 spiro atoms. The van der Waals surface area contributed by atoms with Crippen molar-refractivity contribution in [3.05, 3.63) is 59.7 Å². The molecule has 2 rings (SSSR count). The topological polar surface area (TPSA) is 75.7 Å². The molecule has 2 aromatic rings. The number of nitrogens with one attached hydrogen (secondary N) is 1. The number of hydrogen-bond donors (Lipinski definition) is 1. The number of carbonyl (C=O) groups is 1. The van der Waals surface area contributed by atoms with E-state index >= 15 is 0 Å². The molecule has 1 amide bonds. The lowest BCUT2D eigenvalue weighted by Crippen LogP contribution is -2.44. The van der Waals surface area contributed by atoms with Gasteiger partial charge in [0.15, 0.2) is 0 Å². The highest BCUT2D eigenvalue weighted by Gasteiger charge is 2.31. The van der Waals surface area contributed by atoms with Crippen molar-refractivity contribution >= 4 is 21.6 Å². The number of rotatable bonds is 8. The quantitative estimate of drug-likeness (QED) is 0.678. The minimum absolute atomic E-state index is 0.0378. The Labute approximate surface area is 173 Å². The van der Waals surface area contributed by atoms with Crippen molar-refractivity contribution in [1.29, 1.82) is 0 Å². The van der Waals surface area contributed by atoms with Crippen LogP contribution in [0.1, 0.15) is 18.1 Å². The van der Waals surface area contributed by atoms with Gasteiger partial charge in [-0.3, -0.25) is 9.10 Å². The molecule has 0 saturated carbocycles. The molecule has 30 heavy (non-hydrogen) atoms. The maximum atomic E-state index is 12.7. The summed E-state index contributed by atoms with van der Waals surface area (Å²) in [6.45, 7) is 3.22. The molecular weight excluding hydrogens is 421 g/mol. The predicted molar refractivity (Wildman–Crippen MR) is 108 cm³/mol. The zero-order chi connectivity index (χ0) is 22.5. The van der Waals surface area contributed by atoms with E-state index in [0.29, 0.717) is 5.75 Å². The average Bonchev–Trinajstić information content (AvgIpc) is 2.64. The van der Waals surface area contributed by atoms with Crippen LogP contribution in [0.4, 0.5) is 18.9 Å². The van der Waals surface area contributed by atoms with Crippen molar-refractivity contribution in [2.45, 2.75) is 26.1 Å². The fourth-order valence-electron chi connectivity index (χ4n) is 2.56. The molecule has 0 radical (unpaired) electrons. The summed E-state index contributed by atoms with van der Waals surface area (Å²) >= 11 is 0. The molecule has 0 aliphatic heterocycles. The number of halogens is 3. The Bertz CT molecular complexity index is 959. The van der Waals surface area contributed by atoms with E-state index in [1.165, 1.54) is 0 Å². The van der Waals surface area contributed by atoms with E-state index < -0.39 is 40.3 Å². The molecule has 1 atom stereocenters. The minimum Gasteiger partial charge on any atom is -0.491 e. The number of benzene rings is 2. The number of alkyl halides is 3. The van der Waals surface area contributed by atoms with Gasteiger partial charge in [0.25, 0.3) is 0 Å². The molecule has 0 unspecified atom stereocenters. The first-order valence-corrected chi connectivity index (χ1v) is 10.8. The molecule has 0 heterocycles. The third-order valence-electron chi connectivity index (χ3n) is 4.10. The van der Waals surface area contributed by atoms with E-state index in [0.717, 1.165) is 40.4 Å². The predicted octanol–water partition coefficient (Wildman–Crippen LogP) is 3.36. The Morgan fingerprint density at radius 1 is 1.10 bits per heavy atom. The van der Waals surface area contributed by atoms with Gasteiger partial charge in [-0.2, -0.15) is 13.2 Å². The number of carbonyl (C=O) groups excluding carboxylic acids is 1. The van der Waals surface area contributed by atoms with Crippen LogP contribution >= 0.6 is 0 Å². The largest absolute Gasteiger partial charge is 0.491 e. The Kier molecular flexibility index (Phi) is 7.35. The Balaban J connectivity index is 2.00. The average molecular weight is 444 g/mol. The van der Waals surface area contributed by atoms with Gasteiger partial charge in [0.05, 0.1) is 23.5 Å². The van der Waals surface area contributed by atoms with Crippen molar-refractivity contribution in [2.75, 3.05) is 23.7 Å². The van der Waals surface area contributed by atoms with Crippen LogP contribution in [-0.4, -0.2) is 39.8 Å². The van der Waals surface area contributed by atoms with Crippen LogP contribution < -0.4 is 14.4 Å². The summed E-state index contributed by atoms with van der Waals surface area (Å²) in [4.78, 5) is 12.3. The molecule has 164 valence electrons. The van der Waals surface area contributed by atoms with Crippen molar-refractivity contribution in [3.8, 4) is 5.75 Å². The molecule has 0 aromatic heterocycles. The summed E-state index contributed by atoms with van der Waals surface area (Å²) in [5.74, 6) is 0.0181. The maximum Gasteiger partial charge on any atom is 0.416 e. The van der Waals surface area contributed by atoms with Crippen LogP contribution in [0.5, 0.6) is 5.75 Å². The lowest BCUT2D eigenvalue weighted by atomic mass is 10.2. The standard InChI is InChI=1S/C20H23F3N2O4S/c1-14-4-10-18(11-5-14)29-13-15(2)24-19(26)12-25(30(3,27)28)17-8-6-16(7-9-17)20(21,22)23/h4-11,15H,12-13H2,1-3H3,(H,24,26)/t15-/m1/s1. The van der Waals surface area contributed by atoms with E-state index in [2.05, 4.69) is 5.32 Å². The third kappa shape index (κ3) is 6.94. The van der Waals surface area contributed by atoms with Crippen LogP contribution in [0.15, 0.2) is 48.5 Å². The second kappa shape index (κ2) is 9.38. The first-order valence-electron chi connectivity index (χ1n) is 9.00. The zero-order valence-electron chi connectivity index (χ0n) is 16.7. The molecule has 1 N–H and O–H groups in total. The minimum atomic E-state index is -4.54. The fraction of sp³-hybridized carbons (Fsp3) is 0.350. The van der Waals surface area contributed by atoms with Gasteiger partial charge in [-0.25, -0.2) is 8.42 Å². The summed E-state index contributed by atoms with van der Waals surface area (Å²) in [7, 11) is -3.90. The highest BCUT2D eigenvalue weighted by molar-refractivity contribution is 7.92. The van der Waals surface area contributed by atoms with Crippen molar-refractivity contribution in [1.82, 2.24) is 5.32 Å². The van der Waals surface area contributed by atoms with Crippen LogP contribution in [-0.2, 0) is 21.0 Å². The van der Waals surface area contributed by atoms with Gasteiger partial charge >= 0.3 is 6.18 Å². The van der Waals surface area contributed by atoms with Gasteiger partial charge in [0, 0.05) is 0 Å². The Hall–Kier alpha value is -2.75. The highest BCUT2D eigenvalue weighted by atomic mass is 32.2. The van der Waals surface area contributed by atoms with Gasteiger partial charge in [-0.15, -0.1) is 0 Å². The number of anilines is 1. The Morgan fingerprint density at radius 2 is 1.67 bits per heavy atom. The SMILES string of the molecule is Cc1ccc(OC[C@@H](C)NC(=O)CN(c2ccc(C(F)(F)F)cc2)S(C)(=O)=O)cc1. The number of sulfonamides is 1. The number of hydrogen-bond acceptors (Lipinski definition) is 4. The van der Waals surface area contributed by atoms with E-state index in [-0.39, 0.29) is 12.3 Å². The van der Waals surface area contributed by atoms with Crippen LogP contribution in [0, 0.1) is 6.92 Å². The first kappa shape index (κ1) is 23.5. The number of nitrogens with zero attached hydrogens (tertiary/aromatic N) is 1. The van der Waals surface area contributed by atoms with Crippen molar-refractivity contribution in [2.24, 2.45) is 0 Å². The fourth-order valence-corrected chi connectivity index (χ4v) is 3.42. The van der Waals surface area contributed by atoms with Crippen LogP contribution in [0.3, 0.4) is 0 Å². The van der Waals surface area contributed by atoms with E-state index in [9.17, 15) is 26.4 Å². The molecule has 0 aliphatic rings. The van der Waals surface area contributed by atoms with Crippen molar-refractivity contribution in [3.63, 3.8) is 0 Å². The lowest BCUT2D eigenvalue weighted by Gasteiger charge is -2.23. The first-order chi connectivity index (χ1) is 13.9. The van der Waals surface area contributed by atoms with Gasteiger partial charge in [0.2, 0.25) is 15.9 Å². The molecule has 0 saturated heterocycles. The zero-order valence-corrected chi connectivity index (χ0v) is 17.5. The normalized spacial score (nSPS) is 12.9. The van der Waals surface area contributed by atoms with E-state index in [1.807, 2.05) is 19.1 Å². The van der Waals surface area contributed by atoms with Gasteiger partial charge in [0.1, 0.15) is 18.9 Å². The highest BCUT2D eigenvalue weighted by Crippen LogP contribution is 2.30. The van der Waals surface area contributed by atoms with Crippen LogP contribution in [0.2, 0.25) is 0 Å². The lowest BCUT2D eigenvalue weighted by molar-refractivity contribution is -0.137. The second-order valence-corrected chi connectivity index (χ2v) is 8.81. The van der Waals surface area contributed by atoms with E-state index in [4.69, 9.17) is 4.74 Å². The van der Waals surface area contributed by atoms with Crippen LogP contribution in [0.25, 0.3) is 0 Å². The van der Waals surface area contributed by atoms with Gasteiger partial charge < -0.3 is 10.1 Å². The summed E-state index contributed by atoms with van der Waals surface area (Å²) in [5, 5.41) is 2.62. The maximum absolute atomic E-state index is 12.7. The van der Waals surface area contributed by atoms with E-state index in [1.54, 1.807) is 19.1 Å². The molecule has 0 aliphatic carbocycles. The summed E-state index contributed by atoms with van der Waals surface area (Å²) in [6.07, 6.45) is -3.67. The molecule has 2 aromatic carbocycles. The number of ether oxygens (including phenoxy) is 1. The second-order valence-electron chi connectivity index (χ2n) is 6.91. The molecular formula is C20H23F3N2O4S. The molecule has 10 heteroatoms. The van der Waals surface area contributed by atoms with Crippen molar-refractivity contribution < 1.29 is 31.1 Å². The number of amides is 1. The smallest absolute Gasteiger partial charge is 0.416 e. The molecule has 6 nitrogen and oxygen atoms in total. The Morgan fingerprint density at radius 3 is 2.17 bits per heavy atom. The summed E-state index contributed by atoms with van der Waals surface area (Å²) in [5.41, 5.74) is 0.128. The summed E-state index contributed by atoms with van der Waals surface area (Å²) in [6, 6.07) is 10.5. The third-order valence-corrected chi connectivity index (χ3v) is 5.24. The molecule has 0 fully saturated rings. The number of aryl methyl sites for hydroxylation is 1. The monoisotopic (exact) mass is 444 g/mol. The molecule has 0 bridgehead atoms. The van der Waals surface area contributed by atoms with Gasteiger partial charge in [-0.05, 0) is 50.2 Å². The van der Waals surface area contributed by atoms with Gasteiger partial charge in [-0.1, -0.05) is 17.7 Å².